The topological polar surface area (TPSA) is 134 Å². The summed E-state index contributed by atoms with van der Waals surface area (Å²) < 4.78 is 51.7. The monoisotopic (exact) mass is 463 g/mol. The van der Waals surface area contributed by atoms with Crippen LogP contribution in [0.15, 0.2) is 40.5 Å². The van der Waals surface area contributed by atoms with Gasteiger partial charge in [0.2, 0.25) is 0 Å². The lowest BCUT2D eigenvalue weighted by molar-refractivity contribution is 0.542. The first kappa shape index (κ1) is 21.7. The van der Waals surface area contributed by atoms with E-state index >= 15 is 0 Å². The van der Waals surface area contributed by atoms with Crippen molar-refractivity contribution < 1.29 is 16.8 Å². The Kier molecular flexibility index (Phi) is 5.52. The zero-order valence-electron chi connectivity index (χ0n) is 17.5. The van der Waals surface area contributed by atoms with Crippen molar-refractivity contribution in [2.75, 3.05) is 18.1 Å². The molecule has 3 aromatic rings. The van der Waals surface area contributed by atoms with Gasteiger partial charge >= 0.3 is 0 Å². The van der Waals surface area contributed by atoms with E-state index in [4.69, 9.17) is 0 Å². The van der Waals surface area contributed by atoms with Crippen molar-refractivity contribution in [1.82, 2.24) is 19.7 Å². The first-order chi connectivity index (χ1) is 14.6. The summed E-state index contributed by atoms with van der Waals surface area (Å²) in [7, 11) is -5.61. The average Bonchev–Trinajstić information content (AvgIpc) is 3.17. The van der Waals surface area contributed by atoms with Crippen LogP contribution in [0.1, 0.15) is 37.4 Å². The Morgan fingerprint density at radius 3 is 2.65 bits per heavy atom. The molecular formula is C20H25N5O4S2. The number of nitrogens with one attached hydrogen (secondary N) is 3. The Labute approximate surface area is 181 Å². The number of rotatable bonds is 6. The molecule has 3 heterocycles. The number of aryl methyl sites for hydroxylation is 1. The van der Waals surface area contributed by atoms with Crippen LogP contribution in [-0.2, 0) is 26.3 Å². The van der Waals surface area contributed by atoms with Crippen molar-refractivity contribution in [3.05, 3.63) is 41.7 Å². The molecule has 1 aliphatic heterocycles. The number of hydrogen-bond donors (Lipinski definition) is 3. The highest BCUT2D eigenvalue weighted by Gasteiger charge is 2.27. The highest BCUT2D eigenvalue weighted by atomic mass is 32.2. The number of sulfonamides is 1. The van der Waals surface area contributed by atoms with E-state index in [1.165, 1.54) is 19.4 Å². The third-order valence-electron chi connectivity index (χ3n) is 5.56. The minimum atomic E-state index is -3.66. The highest BCUT2D eigenvalue weighted by Crippen LogP contribution is 2.33. The van der Waals surface area contributed by atoms with Crippen molar-refractivity contribution in [2.45, 2.75) is 42.7 Å². The van der Waals surface area contributed by atoms with E-state index in [2.05, 4.69) is 25.0 Å². The van der Waals surface area contributed by atoms with Crippen LogP contribution < -0.4 is 10.0 Å². The molecule has 11 heteroatoms. The number of aromatic amines is 1. The second kappa shape index (κ2) is 7.88. The van der Waals surface area contributed by atoms with E-state index in [-0.39, 0.29) is 22.7 Å². The van der Waals surface area contributed by atoms with Crippen LogP contribution in [0, 0.1) is 5.92 Å². The smallest absolute Gasteiger partial charge is 0.255 e. The van der Waals surface area contributed by atoms with Crippen LogP contribution >= 0.6 is 0 Å². The molecule has 0 unspecified atom stereocenters. The van der Waals surface area contributed by atoms with Gasteiger partial charge in [-0.05, 0) is 49.1 Å². The molecule has 1 aromatic carbocycles. The normalized spacial score (nSPS) is 16.9. The molecule has 0 spiro atoms. The fourth-order valence-electron chi connectivity index (χ4n) is 3.89. The summed E-state index contributed by atoms with van der Waals surface area (Å²) in [6.45, 7) is 4.05. The van der Waals surface area contributed by atoms with Crippen LogP contribution in [0.5, 0.6) is 0 Å². The molecule has 0 saturated heterocycles. The van der Waals surface area contributed by atoms with Crippen molar-refractivity contribution in [3.63, 3.8) is 0 Å². The standard InChI is InChI=1S/C20H25N5O4S2/c1-12(2)18(14-7-6-13-5-4-8-30(26,27)16(13)9-14)25-20-15-10-17(31(28,29)21-3)24-19(15)22-11-23-20/h6-7,9-12,18,21H,4-5,8H2,1-3H3,(H2,22,23,24,25)/t18-/m1/s1. The summed E-state index contributed by atoms with van der Waals surface area (Å²) in [5.41, 5.74) is 2.08. The van der Waals surface area contributed by atoms with Gasteiger partial charge in [-0.1, -0.05) is 26.0 Å². The van der Waals surface area contributed by atoms with Crippen LogP contribution in [0.25, 0.3) is 11.0 Å². The zero-order valence-corrected chi connectivity index (χ0v) is 19.1. The van der Waals surface area contributed by atoms with E-state index < -0.39 is 19.9 Å². The molecule has 3 N–H and O–H groups in total. The van der Waals surface area contributed by atoms with Gasteiger partial charge in [-0.2, -0.15) is 0 Å². The fraction of sp³-hybridized carbons (Fsp3) is 0.400. The van der Waals surface area contributed by atoms with E-state index in [0.29, 0.717) is 28.2 Å². The minimum Gasteiger partial charge on any atom is -0.362 e. The van der Waals surface area contributed by atoms with Gasteiger partial charge in [0.1, 0.15) is 22.8 Å². The third-order valence-corrected chi connectivity index (χ3v) is 8.78. The Morgan fingerprint density at radius 2 is 1.94 bits per heavy atom. The van der Waals surface area contributed by atoms with Gasteiger partial charge in [-0.25, -0.2) is 31.5 Å². The van der Waals surface area contributed by atoms with Crippen molar-refractivity contribution in [1.29, 1.82) is 0 Å². The van der Waals surface area contributed by atoms with Gasteiger partial charge in [0, 0.05) is 0 Å². The maximum Gasteiger partial charge on any atom is 0.255 e. The number of sulfone groups is 1. The largest absolute Gasteiger partial charge is 0.362 e. The van der Waals surface area contributed by atoms with Crippen LogP contribution in [0.4, 0.5) is 5.82 Å². The van der Waals surface area contributed by atoms with Gasteiger partial charge in [0.05, 0.1) is 22.1 Å². The highest BCUT2D eigenvalue weighted by molar-refractivity contribution is 7.91. The molecule has 31 heavy (non-hydrogen) atoms. The summed E-state index contributed by atoms with van der Waals surface area (Å²) in [4.78, 5) is 11.7. The average molecular weight is 464 g/mol. The van der Waals surface area contributed by atoms with Gasteiger partial charge in [-0.3, -0.25) is 0 Å². The maximum atomic E-state index is 12.6. The van der Waals surface area contributed by atoms with E-state index in [9.17, 15) is 16.8 Å². The Morgan fingerprint density at radius 1 is 1.16 bits per heavy atom. The zero-order chi connectivity index (χ0) is 22.4. The van der Waals surface area contributed by atoms with Crippen LogP contribution in [0.2, 0.25) is 0 Å². The van der Waals surface area contributed by atoms with Crippen LogP contribution in [-0.4, -0.2) is 44.6 Å². The second-order valence-corrected chi connectivity index (χ2v) is 11.9. The van der Waals surface area contributed by atoms with Gasteiger partial charge in [0.15, 0.2) is 9.84 Å². The van der Waals surface area contributed by atoms with Crippen molar-refractivity contribution in [3.8, 4) is 0 Å². The van der Waals surface area contributed by atoms with E-state index in [1.807, 2.05) is 26.0 Å². The lowest BCUT2D eigenvalue weighted by Crippen LogP contribution is -2.21. The summed E-state index contributed by atoms with van der Waals surface area (Å²) in [5.74, 6) is 0.744. The Balaban J connectivity index is 1.76. The number of aromatic nitrogens is 3. The molecule has 0 saturated carbocycles. The predicted octanol–water partition coefficient (Wildman–Crippen LogP) is 2.40. The molecule has 4 rings (SSSR count). The number of benzene rings is 1. The Bertz CT molecular complexity index is 1350. The molecule has 0 aliphatic carbocycles. The number of hydrogen-bond acceptors (Lipinski definition) is 7. The number of H-pyrrole nitrogens is 1. The van der Waals surface area contributed by atoms with Gasteiger partial charge in [0.25, 0.3) is 10.0 Å². The molecule has 0 fully saturated rings. The van der Waals surface area contributed by atoms with Crippen molar-refractivity contribution in [2.24, 2.45) is 5.92 Å². The summed E-state index contributed by atoms with van der Waals surface area (Å²) >= 11 is 0. The summed E-state index contributed by atoms with van der Waals surface area (Å²) in [6.07, 6.45) is 2.75. The predicted molar refractivity (Wildman–Crippen MR) is 118 cm³/mol. The van der Waals surface area contributed by atoms with E-state index in [0.717, 1.165) is 17.5 Å². The molecule has 0 radical (unpaired) electrons. The molecule has 0 bridgehead atoms. The number of fused-ring (bicyclic) bond motifs is 2. The number of nitrogens with zero attached hydrogens (tertiary/aromatic N) is 2. The van der Waals surface area contributed by atoms with Crippen molar-refractivity contribution >= 4 is 36.7 Å². The van der Waals surface area contributed by atoms with Gasteiger partial charge < -0.3 is 10.3 Å². The van der Waals surface area contributed by atoms with Crippen LogP contribution in [0.3, 0.4) is 0 Å². The molecule has 166 valence electrons. The van der Waals surface area contributed by atoms with E-state index in [1.54, 1.807) is 6.07 Å². The lowest BCUT2D eigenvalue weighted by atomic mass is 9.94. The summed E-state index contributed by atoms with van der Waals surface area (Å²) in [5, 5.41) is 3.90. The molecule has 9 nitrogen and oxygen atoms in total. The fourth-order valence-corrected chi connectivity index (χ4v) is 6.24. The number of anilines is 1. The maximum absolute atomic E-state index is 12.6. The molecule has 1 aliphatic rings. The summed E-state index contributed by atoms with van der Waals surface area (Å²) in [6, 6.07) is 6.84. The molecule has 1 atom stereocenters. The molecule has 0 amide bonds. The second-order valence-electron chi connectivity index (χ2n) is 7.98. The minimum absolute atomic E-state index is 0.00507. The molecular weight excluding hydrogens is 438 g/mol. The first-order valence-electron chi connectivity index (χ1n) is 10.0. The van der Waals surface area contributed by atoms with Gasteiger partial charge in [-0.15, -0.1) is 0 Å². The molecule has 2 aromatic heterocycles. The SMILES string of the molecule is CNS(=O)(=O)c1cc2c(N[C@@H](c3ccc4c(c3)S(=O)(=O)CCC4)C(C)C)ncnc2[nH]1. The Hall–Kier alpha value is -2.50. The lowest BCUT2D eigenvalue weighted by Gasteiger charge is -2.26. The first-order valence-corrected chi connectivity index (χ1v) is 13.2. The quantitative estimate of drug-likeness (QED) is 0.511. The third kappa shape index (κ3) is 4.04.